The maximum atomic E-state index is 5.75. The van der Waals surface area contributed by atoms with Crippen LogP contribution < -0.4 is 5.73 Å². The number of hydrogen-bond donors (Lipinski definition) is 1. The van der Waals surface area contributed by atoms with Crippen molar-refractivity contribution in [2.45, 2.75) is 38.1 Å². The lowest BCUT2D eigenvalue weighted by atomic mass is 9.78. The topological polar surface area (TPSA) is 29.3 Å². The first-order valence-corrected chi connectivity index (χ1v) is 5.77. The molecule has 2 N–H and O–H groups in total. The first-order valence-electron chi connectivity index (χ1n) is 5.77. The van der Waals surface area contributed by atoms with Gasteiger partial charge in [0.2, 0.25) is 0 Å². The largest absolute Gasteiger partial charge is 0.330 e. The van der Waals surface area contributed by atoms with Crippen LogP contribution in [-0.2, 0) is 0 Å². The monoisotopic (exact) mass is 180 g/mol. The second-order valence-corrected chi connectivity index (χ2v) is 5.36. The zero-order valence-corrected chi connectivity index (χ0v) is 8.34. The summed E-state index contributed by atoms with van der Waals surface area (Å²) in [6.07, 6.45) is 7.27. The van der Waals surface area contributed by atoms with Crippen LogP contribution in [-0.4, -0.2) is 30.6 Å². The molecule has 2 saturated carbocycles. The van der Waals surface area contributed by atoms with Crippen LogP contribution in [0, 0.1) is 11.3 Å². The van der Waals surface area contributed by atoms with E-state index in [4.69, 9.17) is 5.73 Å². The van der Waals surface area contributed by atoms with Crippen molar-refractivity contribution in [2.75, 3.05) is 19.6 Å². The summed E-state index contributed by atoms with van der Waals surface area (Å²) in [6.45, 7) is 3.67. The fourth-order valence-electron chi connectivity index (χ4n) is 3.14. The molecule has 1 saturated heterocycles. The summed E-state index contributed by atoms with van der Waals surface area (Å²) in [4.78, 5) is 2.73. The van der Waals surface area contributed by atoms with Crippen molar-refractivity contribution in [3.05, 3.63) is 0 Å². The van der Waals surface area contributed by atoms with Gasteiger partial charge in [-0.3, -0.25) is 4.90 Å². The quantitative estimate of drug-likeness (QED) is 0.692. The van der Waals surface area contributed by atoms with E-state index in [1.807, 2.05) is 0 Å². The Morgan fingerprint density at radius 2 is 2.08 bits per heavy atom. The van der Waals surface area contributed by atoms with Gasteiger partial charge < -0.3 is 5.73 Å². The first kappa shape index (κ1) is 8.25. The number of rotatable bonds is 2. The van der Waals surface area contributed by atoms with Crippen molar-refractivity contribution in [3.63, 3.8) is 0 Å². The number of likely N-dealkylation sites (tertiary alicyclic amines) is 1. The average molecular weight is 180 g/mol. The van der Waals surface area contributed by atoms with Gasteiger partial charge in [0, 0.05) is 12.6 Å². The fourth-order valence-corrected chi connectivity index (χ4v) is 3.14. The van der Waals surface area contributed by atoms with E-state index in [1.165, 1.54) is 45.2 Å². The highest BCUT2D eigenvalue weighted by atomic mass is 15.2. The molecular formula is C11H20N2. The summed E-state index contributed by atoms with van der Waals surface area (Å²) in [5.74, 6) is 0.828. The molecule has 2 aliphatic carbocycles. The van der Waals surface area contributed by atoms with Crippen molar-refractivity contribution in [3.8, 4) is 0 Å². The van der Waals surface area contributed by atoms with Crippen molar-refractivity contribution < 1.29 is 0 Å². The molecule has 2 atom stereocenters. The minimum absolute atomic E-state index is 0.800. The molecule has 1 heterocycles. The lowest BCUT2D eigenvalue weighted by Crippen LogP contribution is -2.48. The highest BCUT2D eigenvalue weighted by molar-refractivity contribution is 5.04. The van der Waals surface area contributed by atoms with Crippen LogP contribution in [0.5, 0.6) is 0 Å². The minimum Gasteiger partial charge on any atom is -0.330 e. The van der Waals surface area contributed by atoms with Gasteiger partial charge in [-0.25, -0.2) is 0 Å². The van der Waals surface area contributed by atoms with Crippen LogP contribution in [0.1, 0.15) is 32.1 Å². The Morgan fingerprint density at radius 1 is 1.23 bits per heavy atom. The predicted molar refractivity (Wildman–Crippen MR) is 53.4 cm³/mol. The SMILES string of the molecule is NCC1CCC1N1CCC2(CC2)C1. The van der Waals surface area contributed by atoms with E-state index in [0.717, 1.165) is 23.9 Å². The molecule has 13 heavy (non-hydrogen) atoms. The van der Waals surface area contributed by atoms with Crippen LogP contribution in [0.15, 0.2) is 0 Å². The third-order valence-corrected chi connectivity index (χ3v) is 4.57. The normalized spacial score (nSPS) is 42.2. The molecule has 0 amide bonds. The second kappa shape index (κ2) is 2.71. The maximum absolute atomic E-state index is 5.75. The van der Waals surface area contributed by atoms with Crippen LogP contribution in [0.4, 0.5) is 0 Å². The van der Waals surface area contributed by atoms with Crippen molar-refractivity contribution in [1.29, 1.82) is 0 Å². The third kappa shape index (κ3) is 1.23. The zero-order chi connectivity index (χ0) is 8.89. The molecule has 0 aromatic rings. The summed E-state index contributed by atoms with van der Waals surface area (Å²) in [6, 6.07) is 0.866. The molecule has 1 aliphatic heterocycles. The van der Waals surface area contributed by atoms with Crippen molar-refractivity contribution >= 4 is 0 Å². The van der Waals surface area contributed by atoms with Gasteiger partial charge in [0.1, 0.15) is 0 Å². The van der Waals surface area contributed by atoms with Gasteiger partial charge in [-0.15, -0.1) is 0 Å². The standard InChI is InChI=1S/C11H20N2/c12-7-9-1-2-10(9)13-6-5-11(8-13)3-4-11/h9-10H,1-8,12H2. The number of hydrogen-bond acceptors (Lipinski definition) is 2. The molecule has 2 heteroatoms. The van der Waals surface area contributed by atoms with Crippen molar-refractivity contribution in [1.82, 2.24) is 4.90 Å². The van der Waals surface area contributed by atoms with E-state index in [1.54, 1.807) is 0 Å². The van der Waals surface area contributed by atoms with Gasteiger partial charge in [-0.05, 0) is 56.5 Å². The molecule has 0 radical (unpaired) electrons. The first-order chi connectivity index (χ1) is 6.33. The number of nitrogens with zero attached hydrogens (tertiary/aromatic N) is 1. The van der Waals surface area contributed by atoms with E-state index >= 15 is 0 Å². The number of nitrogens with two attached hydrogens (primary N) is 1. The molecule has 74 valence electrons. The van der Waals surface area contributed by atoms with Gasteiger partial charge >= 0.3 is 0 Å². The van der Waals surface area contributed by atoms with Crippen LogP contribution in [0.3, 0.4) is 0 Å². The molecular weight excluding hydrogens is 160 g/mol. The van der Waals surface area contributed by atoms with Crippen LogP contribution >= 0.6 is 0 Å². The molecule has 0 bridgehead atoms. The minimum atomic E-state index is 0.800. The molecule has 1 spiro atoms. The third-order valence-electron chi connectivity index (χ3n) is 4.57. The molecule has 2 unspecified atom stereocenters. The lowest BCUT2D eigenvalue weighted by molar-refractivity contribution is 0.0836. The van der Waals surface area contributed by atoms with Gasteiger partial charge in [0.15, 0.2) is 0 Å². The predicted octanol–water partition coefficient (Wildman–Crippen LogP) is 1.21. The Hall–Kier alpha value is -0.0800. The summed E-state index contributed by atoms with van der Waals surface area (Å²) in [7, 11) is 0. The molecule has 0 aromatic carbocycles. The van der Waals surface area contributed by atoms with E-state index in [2.05, 4.69) is 4.90 Å². The van der Waals surface area contributed by atoms with E-state index < -0.39 is 0 Å². The van der Waals surface area contributed by atoms with Gasteiger partial charge in [-0.1, -0.05) is 0 Å². The summed E-state index contributed by atoms with van der Waals surface area (Å²) in [5.41, 5.74) is 6.55. The van der Waals surface area contributed by atoms with Crippen LogP contribution in [0.2, 0.25) is 0 Å². The molecule has 3 fully saturated rings. The van der Waals surface area contributed by atoms with E-state index in [-0.39, 0.29) is 0 Å². The fraction of sp³-hybridized carbons (Fsp3) is 1.00. The van der Waals surface area contributed by atoms with Gasteiger partial charge in [0.05, 0.1) is 0 Å². The summed E-state index contributed by atoms with van der Waals surface area (Å²) < 4.78 is 0. The lowest BCUT2D eigenvalue weighted by Gasteiger charge is -2.42. The highest BCUT2D eigenvalue weighted by Gasteiger charge is 2.50. The Balaban J connectivity index is 1.61. The maximum Gasteiger partial charge on any atom is 0.0136 e. The molecule has 2 nitrogen and oxygen atoms in total. The van der Waals surface area contributed by atoms with Gasteiger partial charge in [-0.2, -0.15) is 0 Å². The van der Waals surface area contributed by atoms with E-state index in [9.17, 15) is 0 Å². The Kier molecular flexibility index (Phi) is 1.72. The molecule has 3 aliphatic rings. The highest BCUT2D eigenvalue weighted by Crippen LogP contribution is 2.54. The Bertz CT molecular complexity index is 208. The van der Waals surface area contributed by atoms with Crippen LogP contribution in [0.25, 0.3) is 0 Å². The van der Waals surface area contributed by atoms with Crippen molar-refractivity contribution in [2.24, 2.45) is 17.1 Å². The van der Waals surface area contributed by atoms with Gasteiger partial charge in [0.25, 0.3) is 0 Å². The Labute approximate surface area is 80.5 Å². The molecule has 0 aromatic heterocycles. The summed E-state index contributed by atoms with van der Waals surface area (Å²) in [5, 5.41) is 0. The average Bonchev–Trinajstić information content (AvgIpc) is 2.67. The molecule has 3 rings (SSSR count). The smallest absolute Gasteiger partial charge is 0.0136 e. The second-order valence-electron chi connectivity index (χ2n) is 5.36. The van der Waals surface area contributed by atoms with E-state index in [0.29, 0.717) is 0 Å². The zero-order valence-electron chi connectivity index (χ0n) is 8.34. The summed E-state index contributed by atoms with van der Waals surface area (Å²) >= 11 is 0. The Morgan fingerprint density at radius 3 is 2.54 bits per heavy atom.